The molecule has 0 aliphatic rings. The van der Waals surface area contributed by atoms with Gasteiger partial charge in [0.05, 0.1) is 5.69 Å². The van der Waals surface area contributed by atoms with Crippen LogP contribution in [0.1, 0.15) is 42.8 Å². The van der Waals surface area contributed by atoms with Crippen LogP contribution in [0.4, 0.5) is 0 Å². The van der Waals surface area contributed by atoms with Gasteiger partial charge in [-0.05, 0) is 52.2 Å². The molecule has 0 saturated heterocycles. The number of nitrogens with zero attached hydrogens (tertiary/aromatic N) is 3. The van der Waals surface area contributed by atoms with Crippen LogP contribution < -0.4 is 5.32 Å². The number of rotatable bonds is 4. The average molecular weight is 288 g/mol. The highest BCUT2D eigenvalue weighted by atomic mass is 16.1. The van der Waals surface area contributed by atoms with Crippen molar-refractivity contribution in [1.82, 2.24) is 20.1 Å². The Morgan fingerprint density at radius 3 is 2.52 bits per heavy atom. The van der Waals surface area contributed by atoms with Crippen molar-refractivity contribution in [3.63, 3.8) is 0 Å². The van der Waals surface area contributed by atoms with Crippen molar-refractivity contribution in [1.29, 1.82) is 0 Å². The molecule has 0 atom stereocenters. The van der Waals surface area contributed by atoms with E-state index in [4.69, 9.17) is 0 Å². The summed E-state index contributed by atoms with van der Waals surface area (Å²) in [4.78, 5) is 16.5. The molecule has 0 fully saturated rings. The third kappa shape index (κ3) is 3.06. The van der Waals surface area contributed by atoms with Crippen LogP contribution in [0.2, 0.25) is 0 Å². The first kappa shape index (κ1) is 15.5. The van der Waals surface area contributed by atoms with Gasteiger partial charge >= 0.3 is 0 Å². The maximum absolute atomic E-state index is 11.8. The minimum absolute atomic E-state index is 0.0896. The lowest BCUT2D eigenvalue weighted by Crippen LogP contribution is -2.30. The molecule has 5 heteroatoms. The van der Waals surface area contributed by atoms with Crippen LogP contribution in [0.15, 0.2) is 0 Å². The molecular formula is C16H24N4O. The maximum Gasteiger partial charge on any atom is 0.220 e. The highest BCUT2D eigenvalue weighted by Crippen LogP contribution is 2.25. The van der Waals surface area contributed by atoms with Crippen molar-refractivity contribution in [2.75, 3.05) is 0 Å². The van der Waals surface area contributed by atoms with E-state index < -0.39 is 0 Å². The van der Waals surface area contributed by atoms with E-state index in [9.17, 15) is 4.79 Å². The summed E-state index contributed by atoms with van der Waals surface area (Å²) in [5.41, 5.74) is 5.25. The number of carbonyl (C=O) groups is 1. The van der Waals surface area contributed by atoms with Gasteiger partial charge in [-0.25, -0.2) is 4.98 Å². The fourth-order valence-electron chi connectivity index (χ4n) is 2.86. The van der Waals surface area contributed by atoms with E-state index in [-0.39, 0.29) is 11.9 Å². The first-order valence-corrected chi connectivity index (χ1v) is 7.40. The lowest BCUT2D eigenvalue weighted by molar-refractivity contribution is -0.121. The van der Waals surface area contributed by atoms with E-state index in [0.717, 1.165) is 28.0 Å². The second-order valence-electron chi connectivity index (χ2n) is 5.93. The Morgan fingerprint density at radius 2 is 1.90 bits per heavy atom. The first-order chi connectivity index (χ1) is 9.81. The van der Waals surface area contributed by atoms with Gasteiger partial charge in [0.2, 0.25) is 5.91 Å². The van der Waals surface area contributed by atoms with E-state index in [1.807, 2.05) is 39.4 Å². The molecule has 2 aromatic rings. The van der Waals surface area contributed by atoms with Gasteiger partial charge in [-0.15, -0.1) is 0 Å². The monoisotopic (exact) mass is 288 g/mol. The molecule has 0 aliphatic heterocycles. The largest absolute Gasteiger partial charge is 0.354 e. The molecule has 114 valence electrons. The van der Waals surface area contributed by atoms with Crippen LogP contribution in [0.5, 0.6) is 0 Å². The fourth-order valence-corrected chi connectivity index (χ4v) is 2.86. The molecule has 0 aliphatic carbocycles. The van der Waals surface area contributed by atoms with Gasteiger partial charge in [0.25, 0.3) is 0 Å². The van der Waals surface area contributed by atoms with E-state index in [0.29, 0.717) is 12.8 Å². The summed E-state index contributed by atoms with van der Waals surface area (Å²) in [6.07, 6.45) is 1.21. The van der Waals surface area contributed by atoms with Crippen LogP contribution in [0.3, 0.4) is 0 Å². The van der Waals surface area contributed by atoms with Crippen LogP contribution in [0, 0.1) is 20.8 Å². The first-order valence-electron chi connectivity index (χ1n) is 7.40. The summed E-state index contributed by atoms with van der Waals surface area (Å²) in [6, 6.07) is 0.181. The van der Waals surface area contributed by atoms with Crippen molar-refractivity contribution in [2.45, 2.75) is 53.5 Å². The zero-order valence-corrected chi connectivity index (χ0v) is 13.7. The predicted octanol–water partition coefficient (Wildman–Crippen LogP) is 2.35. The molecule has 0 unspecified atom stereocenters. The van der Waals surface area contributed by atoms with Crippen molar-refractivity contribution in [3.8, 4) is 0 Å². The molecule has 2 aromatic heterocycles. The molecule has 0 spiro atoms. The zero-order valence-electron chi connectivity index (χ0n) is 13.7. The second kappa shape index (κ2) is 5.84. The molecule has 0 bridgehead atoms. The summed E-state index contributed by atoms with van der Waals surface area (Å²) < 4.78 is 1.82. The quantitative estimate of drug-likeness (QED) is 0.939. The summed E-state index contributed by atoms with van der Waals surface area (Å²) >= 11 is 0. The van der Waals surface area contributed by atoms with Gasteiger partial charge in [0.1, 0.15) is 0 Å². The van der Waals surface area contributed by atoms with Crippen molar-refractivity contribution in [3.05, 3.63) is 22.5 Å². The third-order valence-corrected chi connectivity index (χ3v) is 3.78. The number of carbonyl (C=O) groups excluding carboxylic acids is 1. The SMILES string of the molecule is Cc1nc2c(c(C)nn2C)c(C)c1CCC(=O)NC(C)C. The molecule has 5 nitrogen and oxygen atoms in total. The Hall–Kier alpha value is -1.91. The summed E-state index contributed by atoms with van der Waals surface area (Å²) in [7, 11) is 1.91. The van der Waals surface area contributed by atoms with Crippen LogP contribution in [-0.4, -0.2) is 26.7 Å². The number of hydrogen-bond donors (Lipinski definition) is 1. The molecule has 21 heavy (non-hydrogen) atoms. The summed E-state index contributed by atoms with van der Waals surface area (Å²) in [5, 5.41) is 8.48. The minimum Gasteiger partial charge on any atom is -0.354 e. The number of hydrogen-bond acceptors (Lipinski definition) is 3. The molecule has 2 rings (SSSR count). The van der Waals surface area contributed by atoms with Gasteiger partial charge in [-0.2, -0.15) is 5.10 Å². The van der Waals surface area contributed by atoms with Crippen LogP contribution in [-0.2, 0) is 18.3 Å². The molecule has 0 radical (unpaired) electrons. The number of aryl methyl sites for hydroxylation is 4. The van der Waals surface area contributed by atoms with E-state index in [1.165, 1.54) is 5.56 Å². The average Bonchev–Trinajstić information content (AvgIpc) is 2.63. The fraction of sp³-hybridized carbons (Fsp3) is 0.562. The highest BCUT2D eigenvalue weighted by Gasteiger charge is 2.16. The van der Waals surface area contributed by atoms with Gasteiger partial charge in [0.15, 0.2) is 5.65 Å². The Bertz CT molecular complexity index is 685. The van der Waals surface area contributed by atoms with Gasteiger partial charge < -0.3 is 5.32 Å². The lowest BCUT2D eigenvalue weighted by atomic mass is 9.99. The Morgan fingerprint density at radius 1 is 1.24 bits per heavy atom. The van der Waals surface area contributed by atoms with Crippen molar-refractivity contribution in [2.24, 2.45) is 7.05 Å². The predicted molar refractivity (Wildman–Crippen MR) is 84.3 cm³/mol. The maximum atomic E-state index is 11.8. The Kier molecular flexibility index (Phi) is 4.30. The van der Waals surface area contributed by atoms with E-state index >= 15 is 0 Å². The molecule has 0 aromatic carbocycles. The molecule has 1 N–H and O–H groups in total. The lowest BCUT2D eigenvalue weighted by Gasteiger charge is -2.12. The van der Waals surface area contributed by atoms with E-state index in [2.05, 4.69) is 22.3 Å². The second-order valence-corrected chi connectivity index (χ2v) is 5.93. The topological polar surface area (TPSA) is 59.8 Å². The molecule has 2 heterocycles. The number of amides is 1. The third-order valence-electron chi connectivity index (χ3n) is 3.78. The molecular weight excluding hydrogens is 264 g/mol. The minimum atomic E-state index is 0.0896. The number of aromatic nitrogens is 3. The van der Waals surface area contributed by atoms with E-state index in [1.54, 1.807) is 0 Å². The summed E-state index contributed by atoms with van der Waals surface area (Å²) in [6.45, 7) is 10.1. The van der Waals surface area contributed by atoms with Crippen molar-refractivity contribution >= 4 is 16.9 Å². The smallest absolute Gasteiger partial charge is 0.220 e. The van der Waals surface area contributed by atoms with Gasteiger partial charge in [0, 0.05) is 30.6 Å². The Labute approximate surface area is 125 Å². The van der Waals surface area contributed by atoms with Crippen LogP contribution in [0.25, 0.3) is 11.0 Å². The number of pyridine rings is 1. The zero-order chi connectivity index (χ0) is 15.7. The van der Waals surface area contributed by atoms with Crippen molar-refractivity contribution < 1.29 is 4.79 Å². The number of fused-ring (bicyclic) bond motifs is 1. The highest BCUT2D eigenvalue weighted by molar-refractivity contribution is 5.84. The molecule has 1 amide bonds. The molecule has 0 saturated carbocycles. The standard InChI is InChI=1S/C16H24N4O/c1-9(2)17-14(21)8-7-13-10(3)15-12(5)19-20(6)16(15)18-11(13)4/h9H,7-8H2,1-6H3,(H,17,21). The number of nitrogens with one attached hydrogen (secondary N) is 1. The van der Waals surface area contributed by atoms with Crippen LogP contribution >= 0.6 is 0 Å². The Balaban J connectivity index is 2.32. The van der Waals surface area contributed by atoms with Gasteiger partial charge in [-0.3, -0.25) is 9.48 Å². The normalized spacial score (nSPS) is 11.4. The van der Waals surface area contributed by atoms with Gasteiger partial charge in [-0.1, -0.05) is 0 Å². The summed E-state index contributed by atoms with van der Waals surface area (Å²) in [5.74, 6) is 0.0896.